The molecule has 0 spiro atoms. The van der Waals surface area contributed by atoms with Crippen LogP contribution < -0.4 is 24.8 Å². The molecule has 0 fully saturated rings. The zero-order valence-corrected chi connectivity index (χ0v) is 28.5. The monoisotopic (exact) mass is 647 g/mol. The van der Waals surface area contributed by atoms with Crippen LogP contribution in [0.15, 0.2) is 84.9 Å². The first-order valence-corrected chi connectivity index (χ1v) is 19.3. The Bertz CT molecular complexity index is 1520. The average Bonchev–Trinajstić information content (AvgIpc) is 3.37. The Balaban J connectivity index is 0.00000176. The van der Waals surface area contributed by atoms with Crippen LogP contribution in [0.5, 0.6) is 0 Å². The van der Waals surface area contributed by atoms with E-state index < -0.39 is 31.1 Å². The standard InChI is InChI=1S/C31H29OSi.C3H6.2ClH.Zr/c1-20(32-33(2,3)4)22-17-18-26-23-12-6-5-11-21(23)19-29(26)30(22)31-27-15-9-7-13-24(27)25-14-8-10-16-28(25)31;1-3-2;;;/h5-18,20H,19H2,1-4H3;1-2H3;2*1H;/q;;;;+2/p-2. The van der Waals surface area contributed by atoms with Crippen molar-refractivity contribution in [3.8, 4) is 22.3 Å². The second-order valence-electron chi connectivity index (χ2n) is 11.7. The summed E-state index contributed by atoms with van der Waals surface area (Å²) in [7, 11) is -1.75. The van der Waals surface area contributed by atoms with Crippen LogP contribution in [0.1, 0.15) is 60.3 Å². The van der Waals surface area contributed by atoms with Crippen molar-refractivity contribution >= 4 is 11.5 Å². The van der Waals surface area contributed by atoms with E-state index in [0.717, 1.165) is 6.42 Å². The largest absolute Gasteiger partial charge is 1.00 e. The second-order valence-corrected chi connectivity index (χ2v) is 21.1. The van der Waals surface area contributed by atoms with Crippen molar-refractivity contribution in [1.29, 1.82) is 0 Å². The Labute approximate surface area is 258 Å². The Morgan fingerprint density at radius 3 is 1.85 bits per heavy atom. The van der Waals surface area contributed by atoms with Crippen LogP contribution in [0, 0.1) is 0 Å². The Kier molecular flexibility index (Phi) is 8.83. The van der Waals surface area contributed by atoms with Crippen LogP contribution in [0.3, 0.4) is 0 Å². The number of hydrogen-bond donors (Lipinski definition) is 0. The van der Waals surface area contributed by atoms with E-state index in [4.69, 9.17) is 4.43 Å². The quantitative estimate of drug-likeness (QED) is 0.267. The van der Waals surface area contributed by atoms with Gasteiger partial charge in [0.25, 0.3) is 0 Å². The molecule has 2 aliphatic carbocycles. The van der Waals surface area contributed by atoms with Crippen molar-refractivity contribution < 1.29 is 52.0 Å². The van der Waals surface area contributed by atoms with Crippen LogP contribution in [0.4, 0.5) is 0 Å². The summed E-state index contributed by atoms with van der Waals surface area (Å²) in [6, 6.07) is 32.3. The molecule has 4 aromatic rings. The van der Waals surface area contributed by atoms with Gasteiger partial charge >= 0.3 is 235 Å². The third-order valence-corrected chi connectivity index (χ3v) is 12.9. The maximum atomic E-state index is 6.84. The maximum absolute atomic E-state index is 6.84. The van der Waals surface area contributed by atoms with Gasteiger partial charge in [-0.1, -0.05) is 0 Å². The molecule has 1 atom stereocenters. The fourth-order valence-corrected chi connectivity index (χ4v) is 12.5. The van der Waals surface area contributed by atoms with E-state index in [2.05, 4.69) is 125 Å². The van der Waals surface area contributed by atoms with Gasteiger partial charge in [0, 0.05) is 0 Å². The normalized spacial score (nSPS) is 14.5. The maximum Gasteiger partial charge on any atom is -1.00 e. The van der Waals surface area contributed by atoms with Gasteiger partial charge < -0.3 is 24.8 Å². The summed E-state index contributed by atoms with van der Waals surface area (Å²) in [4.78, 5) is 0. The summed E-state index contributed by atoms with van der Waals surface area (Å²) in [6.45, 7) is 14.0. The van der Waals surface area contributed by atoms with Gasteiger partial charge in [-0.15, -0.1) is 0 Å². The first kappa shape index (κ1) is 30.4. The van der Waals surface area contributed by atoms with Crippen LogP contribution >= 0.6 is 0 Å². The minimum absolute atomic E-state index is 0. The molecule has 0 heterocycles. The summed E-state index contributed by atoms with van der Waals surface area (Å²) in [5.74, 6) is 0. The molecule has 1 nitrogen and oxygen atoms in total. The Hall–Kier alpha value is -1.61. The average molecular weight is 650 g/mol. The predicted molar refractivity (Wildman–Crippen MR) is 156 cm³/mol. The summed E-state index contributed by atoms with van der Waals surface area (Å²) >= 11 is -1.11. The van der Waals surface area contributed by atoms with Crippen molar-refractivity contribution in [2.75, 3.05) is 0 Å². The molecule has 0 saturated carbocycles. The molecular formula is C34H35Cl2OSiZr. The zero-order valence-electron chi connectivity index (χ0n) is 23.5. The van der Waals surface area contributed by atoms with E-state index >= 15 is 0 Å². The summed E-state index contributed by atoms with van der Waals surface area (Å²) < 4.78 is 8.38. The molecule has 4 aromatic carbocycles. The molecule has 5 heteroatoms. The first-order valence-electron chi connectivity index (χ1n) is 13.4. The molecule has 2 aliphatic rings. The van der Waals surface area contributed by atoms with E-state index in [1.54, 1.807) is 8.77 Å². The SMILES string of the molecule is C[C](C)=[Zr+2][C]1(c2c(C(C)O[Si](C)(C)C)ccc3c2Cc2ccccc2-3)c2ccccc2-c2ccccc21.[Cl-].[Cl-]. The third kappa shape index (κ3) is 5.04. The van der Waals surface area contributed by atoms with Crippen LogP contribution in [-0.4, -0.2) is 11.5 Å². The molecule has 6 rings (SSSR count). The summed E-state index contributed by atoms with van der Waals surface area (Å²) in [5.41, 5.74) is 14.6. The molecule has 0 N–H and O–H groups in total. The van der Waals surface area contributed by atoms with Crippen molar-refractivity contribution in [1.82, 2.24) is 0 Å². The van der Waals surface area contributed by atoms with E-state index in [0.29, 0.717) is 0 Å². The minimum atomic E-state index is -1.75. The second kappa shape index (κ2) is 11.3. The van der Waals surface area contributed by atoms with Gasteiger partial charge in [0.1, 0.15) is 0 Å². The molecule has 39 heavy (non-hydrogen) atoms. The molecule has 199 valence electrons. The fourth-order valence-electron chi connectivity index (χ4n) is 6.68. The molecule has 0 bridgehead atoms. The van der Waals surface area contributed by atoms with E-state index in [1.165, 1.54) is 50.1 Å². The van der Waals surface area contributed by atoms with Gasteiger partial charge in [0.05, 0.1) is 0 Å². The van der Waals surface area contributed by atoms with Gasteiger partial charge in [0.15, 0.2) is 0 Å². The zero-order chi connectivity index (χ0) is 25.9. The van der Waals surface area contributed by atoms with Crippen molar-refractivity contribution in [3.05, 3.63) is 118 Å². The van der Waals surface area contributed by atoms with E-state index in [-0.39, 0.29) is 34.0 Å². The number of benzene rings is 4. The van der Waals surface area contributed by atoms with E-state index in [1.807, 2.05) is 0 Å². The third-order valence-electron chi connectivity index (χ3n) is 7.75. The molecule has 0 aliphatic heterocycles. The number of hydrogen-bond acceptors (Lipinski definition) is 1. The number of rotatable bonds is 5. The van der Waals surface area contributed by atoms with Gasteiger partial charge in [-0.2, -0.15) is 0 Å². The van der Waals surface area contributed by atoms with E-state index in [9.17, 15) is 0 Å². The minimum Gasteiger partial charge on any atom is -1.00 e. The molecule has 0 saturated heterocycles. The Morgan fingerprint density at radius 1 is 0.744 bits per heavy atom. The fraction of sp³-hybridized carbons (Fsp3) is 0.265. The van der Waals surface area contributed by atoms with Crippen molar-refractivity contribution in [2.45, 2.75) is 56.1 Å². The van der Waals surface area contributed by atoms with Gasteiger partial charge in [-0.3, -0.25) is 0 Å². The molecule has 1 unspecified atom stereocenters. The van der Waals surface area contributed by atoms with Crippen molar-refractivity contribution in [3.63, 3.8) is 0 Å². The predicted octanol–water partition coefficient (Wildman–Crippen LogP) is 2.75. The first-order chi connectivity index (χ1) is 17.7. The molecule has 0 radical (unpaired) electrons. The molecule has 0 aromatic heterocycles. The molecule has 0 amide bonds. The van der Waals surface area contributed by atoms with Crippen molar-refractivity contribution in [2.24, 2.45) is 0 Å². The Morgan fingerprint density at radius 2 is 1.28 bits per heavy atom. The number of fused-ring (bicyclic) bond motifs is 6. The van der Waals surface area contributed by atoms with Crippen LogP contribution in [-0.2, 0) is 36.7 Å². The smallest absolute Gasteiger partial charge is 1.00 e. The van der Waals surface area contributed by atoms with Gasteiger partial charge in [-0.25, -0.2) is 0 Å². The summed E-state index contributed by atoms with van der Waals surface area (Å²) in [5, 5.41) is 0. The van der Waals surface area contributed by atoms with Crippen LogP contribution in [0.25, 0.3) is 22.3 Å². The number of halogens is 2. The summed E-state index contributed by atoms with van der Waals surface area (Å²) in [6.07, 6.45) is 1.06. The van der Waals surface area contributed by atoms with Gasteiger partial charge in [0.2, 0.25) is 0 Å². The van der Waals surface area contributed by atoms with Crippen LogP contribution in [0.2, 0.25) is 19.6 Å². The topological polar surface area (TPSA) is 9.23 Å². The van der Waals surface area contributed by atoms with Gasteiger partial charge in [-0.05, 0) is 0 Å². The molecular weight excluding hydrogens is 615 g/mol.